The van der Waals surface area contributed by atoms with Gasteiger partial charge >= 0.3 is 0 Å². The number of thiol groups is 1. The van der Waals surface area contributed by atoms with Gasteiger partial charge in [-0.2, -0.15) is 12.6 Å². The van der Waals surface area contributed by atoms with Crippen LogP contribution in [0.3, 0.4) is 0 Å². The average molecular weight is 326 g/mol. The van der Waals surface area contributed by atoms with Gasteiger partial charge in [0.15, 0.2) is 0 Å². The van der Waals surface area contributed by atoms with Crippen LogP contribution in [0.5, 0.6) is 5.75 Å². The maximum Gasteiger partial charge on any atom is 0.137 e. The number of phenolic OH excluding ortho intramolecular Hbond substituents is 1. The Hall–Kier alpha value is -1.62. The van der Waals surface area contributed by atoms with Crippen molar-refractivity contribution in [1.29, 1.82) is 0 Å². The van der Waals surface area contributed by atoms with Crippen LogP contribution in [0.25, 0.3) is 11.1 Å². The van der Waals surface area contributed by atoms with Crippen LogP contribution in [-0.4, -0.2) is 5.11 Å². The molecular weight excluding hydrogens is 309 g/mol. The van der Waals surface area contributed by atoms with E-state index in [-0.39, 0.29) is 22.5 Å². The maximum atomic E-state index is 14.0. The molecule has 0 bridgehead atoms. The second-order valence-electron chi connectivity index (χ2n) is 6.18. The molecule has 0 aliphatic heterocycles. The van der Waals surface area contributed by atoms with Gasteiger partial charge in [0, 0.05) is 29.0 Å². The Bertz CT molecular complexity index is 698. The summed E-state index contributed by atoms with van der Waals surface area (Å²) in [5.74, 6) is -3.13. The first kappa shape index (κ1) is 16.7. The number of phenols is 1. The van der Waals surface area contributed by atoms with E-state index in [2.05, 4.69) is 12.6 Å². The Morgan fingerprint density at radius 2 is 1.55 bits per heavy atom. The van der Waals surface area contributed by atoms with E-state index in [9.17, 15) is 18.3 Å². The third-order valence-electron chi connectivity index (χ3n) is 3.50. The molecule has 0 spiro atoms. The first-order valence-electron chi connectivity index (χ1n) is 6.77. The summed E-state index contributed by atoms with van der Waals surface area (Å²) in [6.07, 6.45) is 0. The summed E-state index contributed by atoms with van der Waals surface area (Å²) >= 11 is 4.14. The van der Waals surface area contributed by atoms with Gasteiger partial charge in [-0.3, -0.25) is 0 Å². The second-order valence-corrected chi connectivity index (χ2v) is 6.50. The van der Waals surface area contributed by atoms with E-state index in [1.165, 1.54) is 6.07 Å². The summed E-state index contributed by atoms with van der Waals surface area (Å²) in [6.45, 7) is 5.84. The minimum absolute atomic E-state index is 0.00600. The molecule has 0 amide bonds. The fourth-order valence-electron chi connectivity index (χ4n) is 2.24. The van der Waals surface area contributed by atoms with Crippen LogP contribution in [0, 0.1) is 17.5 Å². The number of hydrogen-bond acceptors (Lipinski definition) is 2. The molecule has 0 radical (unpaired) electrons. The Morgan fingerprint density at radius 1 is 1.00 bits per heavy atom. The lowest BCUT2D eigenvalue weighted by molar-refractivity contribution is 0.469. The molecule has 5 heteroatoms. The zero-order chi connectivity index (χ0) is 16.7. The fourth-order valence-corrected chi connectivity index (χ4v) is 2.48. The quantitative estimate of drug-likeness (QED) is 0.727. The summed E-state index contributed by atoms with van der Waals surface area (Å²) in [5, 5.41) is 10.3. The molecule has 0 aliphatic rings. The van der Waals surface area contributed by atoms with Crippen molar-refractivity contribution in [1.82, 2.24) is 0 Å². The smallest absolute Gasteiger partial charge is 0.137 e. The second kappa shape index (κ2) is 5.88. The third kappa shape index (κ3) is 3.09. The van der Waals surface area contributed by atoms with Crippen LogP contribution in [0.15, 0.2) is 24.3 Å². The molecule has 0 aromatic heterocycles. The van der Waals surface area contributed by atoms with E-state index >= 15 is 0 Å². The largest absolute Gasteiger partial charge is 0.507 e. The minimum atomic E-state index is -1.05. The van der Waals surface area contributed by atoms with Gasteiger partial charge < -0.3 is 5.11 Å². The molecular formula is C17H17F3OS. The number of halogens is 3. The molecule has 0 aliphatic carbocycles. The lowest BCUT2D eigenvalue weighted by Crippen LogP contribution is -2.12. The summed E-state index contributed by atoms with van der Waals surface area (Å²) in [6, 6.07) is 4.48. The van der Waals surface area contributed by atoms with Crippen molar-refractivity contribution in [2.45, 2.75) is 31.9 Å². The molecule has 0 saturated carbocycles. The first-order chi connectivity index (χ1) is 10.1. The van der Waals surface area contributed by atoms with Crippen molar-refractivity contribution in [2.24, 2.45) is 0 Å². The zero-order valence-electron chi connectivity index (χ0n) is 12.5. The van der Waals surface area contributed by atoms with Gasteiger partial charge in [-0.05, 0) is 17.0 Å². The highest BCUT2D eigenvalue weighted by molar-refractivity contribution is 7.79. The first-order valence-corrected chi connectivity index (χ1v) is 7.40. The normalized spacial score (nSPS) is 11.8. The fraction of sp³-hybridized carbons (Fsp3) is 0.294. The lowest BCUT2D eigenvalue weighted by Gasteiger charge is -2.22. The SMILES string of the molecule is CC(C)(C)c1cc(CS)c(O)c(-c2c(F)cc(F)cc2F)c1. The highest BCUT2D eigenvalue weighted by Gasteiger charge is 2.23. The van der Waals surface area contributed by atoms with Gasteiger partial charge in [0.2, 0.25) is 0 Å². The molecule has 2 aromatic rings. The predicted molar refractivity (Wildman–Crippen MR) is 84.8 cm³/mol. The molecule has 1 N–H and O–H groups in total. The van der Waals surface area contributed by atoms with Gasteiger partial charge in [0.25, 0.3) is 0 Å². The predicted octanol–water partition coefficient (Wildman–Crippen LogP) is 5.20. The molecule has 118 valence electrons. The number of benzene rings is 2. The molecule has 0 atom stereocenters. The molecule has 0 heterocycles. The van der Waals surface area contributed by atoms with Crippen molar-refractivity contribution >= 4 is 12.6 Å². The maximum absolute atomic E-state index is 14.0. The summed E-state index contributed by atoms with van der Waals surface area (Å²) < 4.78 is 41.1. The molecule has 0 unspecified atom stereocenters. The number of hydrogen-bond donors (Lipinski definition) is 2. The van der Waals surface area contributed by atoms with E-state index < -0.39 is 23.0 Å². The molecule has 2 aromatic carbocycles. The van der Waals surface area contributed by atoms with Gasteiger partial charge in [-0.25, -0.2) is 13.2 Å². The molecule has 0 fully saturated rings. The van der Waals surface area contributed by atoms with Crippen LogP contribution in [0.1, 0.15) is 31.9 Å². The van der Waals surface area contributed by atoms with Gasteiger partial charge in [-0.1, -0.05) is 26.8 Å². The summed E-state index contributed by atoms with van der Waals surface area (Å²) in [4.78, 5) is 0. The van der Waals surface area contributed by atoms with E-state index in [0.29, 0.717) is 17.7 Å². The number of rotatable bonds is 2. The monoisotopic (exact) mass is 326 g/mol. The lowest BCUT2D eigenvalue weighted by atomic mass is 9.83. The van der Waals surface area contributed by atoms with E-state index in [4.69, 9.17) is 0 Å². The molecule has 0 saturated heterocycles. The Morgan fingerprint density at radius 3 is 2.00 bits per heavy atom. The highest BCUT2D eigenvalue weighted by Crippen LogP contribution is 2.40. The van der Waals surface area contributed by atoms with Crippen LogP contribution in [0.2, 0.25) is 0 Å². The minimum Gasteiger partial charge on any atom is -0.507 e. The van der Waals surface area contributed by atoms with Gasteiger partial charge in [0.1, 0.15) is 23.2 Å². The Kier molecular flexibility index (Phi) is 4.47. The molecule has 22 heavy (non-hydrogen) atoms. The van der Waals surface area contributed by atoms with E-state index in [1.807, 2.05) is 20.8 Å². The molecule has 2 rings (SSSR count). The Balaban J connectivity index is 2.81. The van der Waals surface area contributed by atoms with E-state index in [1.54, 1.807) is 6.07 Å². The third-order valence-corrected chi connectivity index (χ3v) is 3.84. The average Bonchev–Trinajstić information content (AvgIpc) is 2.38. The van der Waals surface area contributed by atoms with Crippen molar-refractivity contribution in [2.75, 3.05) is 0 Å². The zero-order valence-corrected chi connectivity index (χ0v) is 13.4. The molecule has 1 nitrogen and oxygen atoms in total. The standard InChI is InChI=1S/C17H17F3OS/c1-17(2,3)10-4-9(8-22)16(21)12(5-10)15-13(19)6-11(18)7-14(15)20/h4-7,21-22H,8H2,1-3H3. The summed E-state index contributed by atoms with van der Waals surface area (Å²) in [5.41, 5.74) is 0.550. The number of aromatic hydroxyl groups is 1. The van der Waals surface area contributed by atoms with Crippen LogP contribution in [0.4, 0.5) is 13.2 Å². The van der Waals surface area contributed by atoms with Crippen LogP contribution >= 0.6 is 12.6 Å². The topological polar surface area (TPSA) is 20.2 Å². The van der Waals surface area contributed by atoms with Crippen LogP contribution in [-0.2, 0) is 11.2 Å². The van der Waals surface area contributed by atoms with Crippen molar-refractivity contribution in [3.05, 3.63) is 52.8 Å². The van der Waals surface area contributed by atoms with Gasteiger partial charge in [0.05, 0.1) is 5.56 Å². The van der Waals surface area contributed by atoms with E-state index in [0.717, 1.165) is 5.56 Å². The highest BCUT2D eigenvalue weighted by atomic mass is 32.1. The van der Waals surface area contributed by atoms with Gasteiger partial charge in [-0.15, -0.1) is 0 Å². The van der Waals surface area contributed by atoms with Crippen molar-refractivity contribution in [3.8, 4) is 16.9 Å². The Labute approximate surface area is 133 Å². The van der Waals surface area contributed by atoms with Crippen molar-refractivity contribution < 1.29 is 18.3 Å². The van der Waals surface area contributed by atoms with Crippen molar-refractivity contribution in [3.63, 3.8) is 0 Å². The summed E-state index contributed by atoms with van der Waals surface area (Å²) in [7, 11) is 0. The van der Waals surface area contributed by atoms with Crippen LogP contribution < -0.4 is 0 Å².